The number of amides is 2. The number of likely N-dealkylation sites (N-methyl/N-ethyl adjacent to an activating group) is 1. The highest BCUT2D eigenvalue weighted by molar-refractivity contribution is 6.36. The molecular formula is C22H22N2O3. The Morgan fingerprint density at radius 1 is 0.963 bits per heavy atom. The van der Waals surface area contributed by atoms with E-state index < -0.39 is 0 Å². The van der Waals surface area contributed by atoms with Gasteiger partial charge in [-0.1, -0.05) is 30.3 Å². The molecule has 2 amide bonds. The Kier molecular flexibility index (Phi) is 4.22. The lowest BCUT2D eigenvalue weighted by molar-refractivity contribution is -0.135. The fraction of sp³-hybridized carbons (Fsp3) is 0.273. The van der Waals surface area contributed by atoms with Crippen molar-refractivity contribution < 1.29 is 14.3 Å². The van der Waals surface area contributed by atoms with Crippen molar-refractivity contribution in [1.82, 2.24) is 4.90 Å². The zero-order valence-corrected chi connectivity index (χ0v) is 15.7. The van der Waals surface area contributed by atoms with E-state index in [1.54, 1.807) is 0 Å². The predicted octanol–water partition coefficient (Wildman–Crippen LogP) is 3.25. The average molecular weight is 362 g/mol. The van der Waals surface area contributed by atoms with Crippen LogP contribution in [-0.2, 0) is 16.0 Å². The molecule has 0 atom stereocenters. The molecule has 2 aromatic carbocycles. The van der Waals surface area contributed by atoms with Crippen molar-refractivity contribution in [3.05, 3.63) is 65.4 Å². The number of imide groups is 1. The molecule has 4 rings (SSSR count). The van der Waals surface area contributed by atoms with Gasteiger partial charge < -0.3 is 9.64 Å². The Labute approximate surface area is 158 Å². The highest BCUT2D eigenvalue weighted by atomic mass is 16.5. The zero-order valence-electron chi connectivity index (χ0n) is 15.7. The molecule has 2 aliphatic rings. The van der Waals surface area contributed by atoms with E-state index in [-0.39, 0.29) is 17.9 Å². The summed E-state index contributed by atoms with van der Waals surface area (Å²) in [6.45, 7) is 4.63. The molecule has 0 unspecified atom stereocenters. The molecule has 0 fully saturated rings. The van der Waals surface area contributed by atoms with Gasteiger partial charge in [0.2, 0.25) is 0 Å². The van der Waals surface area contributed by atoms with Gasteiger partial charge in [-0.15, -0.1) is 0 Å². The van der Waals surface area contributed by atoms with Gasteiger partial charge in [0.1, 0.15) is 11.4 Å². The van der Waals surface area contributed by atoms with E-state index in [0.29, 0.717) is 17.8 Å². The molecule has 2 aliphatic heterocycles. The van der Waals surface area contributed by atoms with Crippen molar-refractivity contribution in [2.45, 2.75) is 26.4 Å². The number of benzene rings is 2. The van der Waals surface area contributed by atoms with Crippen LogP contribution < -0.4 is 9.64 Å². The zero-order chi connectivity index (χ0) is 19.1. The van der Waals surface area contributed by atoms with Crippen LogP contribution in [0.5, 0.6) is 5.75 Å². The lowest BCUT2D eigenvalue weighted by Crippen LogP contribution is -2.31. The van der Waals surface area contributed by atoms with Crippen LogP contribution in [0.1, 0.15) is 25.0 Å². The number of hydrogen-bond donors (Lipinski definition) is 0. The topological polar surface area (TPSA) is 49.9 Å². The summed E-state index contributed by atoms with van der Waals surface area (Å²) in [4.78, 5) is 28.9. The van der Waals surface area contributed by atoms with Gasteiger partial charge in [0.05, 0.1) is 11.7 Å². The van der Waals surface area contributed by atoms with E-state index >= 15 is 0 Å². The molecule has 5 heteroatoms. The Hall–Kier alpha value is -3.08. The minimum Gasteiger partial charge on any atom is -0.491 e. The second kappa shape index (κ2) is 6.58. The third-order valence-electron chi connectivity index (χ3n) is 4.93. The molecule has 0 N–H and O–H groups in total. The van der Waals surface area contributed by atoms with Crippen molar-refractivity contribution in [2.75, 3.05) is 18.5 Å². The van der Waals surface area contributed by atoms with Crippen LogP contribution in [0.15, 0.2) is 54.2 Å². The summed E-state index contributed by atoms with van der Waals surface area (Å²) in [7, 11) is 1.54. The van der Waals surface area contributed by atoms with Gasteiger partial charge in [-0.3, -0.25) is 14.5 Å². The largest absolute Gasteiger partial charge is 0.491 e. The molecular weight excluding hydrogens is 340 g/mol. The van der Waals surface area contributed by atoms with Crippen LogP contribution in [0.25, 0.3) is 5.57 Å². The quantitative estimate of drug-likeness (QED) is 0.784. The summed E-state index contributed by atoms with van der Waals surface area (Å²) in [6.07, 6.45) is 0.937. The molecule has 2 heterocycles. The van der Waals surface area contributed by atoms with Crippen LogP contribution in [-0.4, -0.2) is 36.4 Å². The number of hydrogen-bond acceptors (Lipinski definition) is 4. The molecule has 138 valence electrons. The first-order valence-corrected chi connectivity index (χ1v) is 9.16. The predicted molar refractivity (Wildman–Crippen MR) is 104 cm³/mol. The van der Waals surface area contributed by atoms with Crippen LogP contribution in [0.2, 0.25) is 0 Å². The number of carbonyl (C=O) groups excluding carboxylic acids is 2. The van der Waals surface area contributed by atoms with Crippen LogP contribution >= 0.6 is 0 Å². The van der Waals surface area contributed by atoms with E-state index in [2.05, 4.69) is 6.07 Å². The minimum atomic E-state index is -0.267. The van der Waals surface area contributed by atoms with E-state index in [1.807, 2.05) is 61.2 Å². The van der Waals surface area contributed by atoms with Crippen molar-refractivity contribution >= 4 is 23.1 Å². The number of fused-ring (bicyclic) bond motifs is 1. The Bertz CT molecular complexity index is 944. The maximum atomic E-state index is 12.9. The van der Waals surface area contributed by atoms with Crippen LogP contribution in [0, 0.1) is 0 Å². The summed E-state index contributed by atoms with van der Waals surface area (Å²) in [5.74, 6) is 0.221. The second-order valence-electron chi connectivity index (χ2n) is 7.11. The number of ether oxygens (including phenoxy) is 1. The molecule has 2 aromatic rings. The lowest BCUT2D eigenvalue weighted by atomic mass is 10.0. The van der Waals surface area contributed by atoms with Gasteiger partial charge >= 0.3 is 0 Å². The highest BCUT2D eigenvalue weighted by Gasteiger charge is 2.41. The number of nitrogens with zero attached hydrogens (tertiary/aromatic N) is 2. The molecule has 0 aliphatic carbocycles. The standard InChI is InChI=1S/C22H22N2O3/c1-14(2)27-17-10-8-16(9-11-17)19-20(22(26)23(3)21(19)25)24-13-12-15-6-4-5-7-18(15)24/h4-11,14H,12-13H2,1-3H3. The summed E-state index contributed by atoms with van der Waals surface area (Å²) in [5, 5.41) is 0. The molecule has 0 bridgehead atoms. The van der Waals surface area contributed by atoms with Crippen LogP contribution in [0.4, 0.5) is 5.69 Å². The van der Waals surface area contributed by atoms with Gasteiger partial charge in [-0.25, -0.2) is 0 Å². The van der Waals surface area contributed by atoms with Crippen molar-refractivity contribution in [1.29, 1.82) is 0 Å². The fourth-order valence-electron chi connectivity index (χ4n) is 3.68. The third kappa shape index (κ3) is 2.89. The van der Waals surface area contributed by atoms with Gasteiger partial charge in [0.15, 0.2) is 0 Å². The summed E-state index contributed by atoms with van der Waals surface area (Å²) in [6, 6.07) is 15.4. The first kappa shape index (κ1) is 17.3. The van der Waals surface area contributed by atoms with Gasteiger partial charge in [0, 0.05) is 19.3 Å². The first-order valence-electron chi connectivity index (χ1n) is 9.16. The van der Waals surface area contributed by atoms with E-state index in [0.717, 1.165) is 23.4 Å². The number of rotatable bonds is 4. The van der Waals surface area contributed by atoms with E-state index in [1.165, 1.54) is 17.5 Å². The Balaban J connectivity index is 1.80. The van der Waals surface area contributed by atoms with Gasteiger partial charge in [-0.2, -0.15) is 0 Å². The van der Waals surface area contributed by atoms with E-state index in [4.69, 9.17) is 4.74 Å². The monoisotopic (exact) mass is 362 g/mol. The van der Waals surface area contributed by atoms with Gasteiger partial charge in [0.25, 0.3) is 11.8 Å². The second-order valence-corrected chi connectivity index (χ2v) is 7.11. The fourth-order valence-corrected chi connectivity index (χ4v) is 3.68. The SMILES string of the molecule is CC(C)Oc1ccc(C2=C(N3CCc4ccccc43)C(=O)N(C)C2=O)cc1. The van der Waals surface area contributed by atoms with Crippen molar-refractivity contribution in [2.24, 2.45) is 0 Å². The molecule has 0 spiro atoms. The summed E-state index contributed by atoms with van der Waals surface area (Å²) < 4.78 is 5.69. The normalized spacial score (nSPS) is 16.6. The number of para-hydroxylation sites is 1. The Morgan fingerprint density at radius 3 is 2.37 bits per heavy atom. The number of anilines is 1. The maximum absolute atomic E-state index is 12.9. The number of carbonyl (C=O) groups is 2. The molecule has 0 saturated carbocycles. The minimum absolute atomic E-state index is 0.0764. The highest BCUT2D eigenvalue weighted by Crippen LogP contribution is 2.38. The molecule has 5 nitrogen and oxygen atoms in total. The van der Waals surface area contributed by atoms with Crippen molar-refractivity contribution in [3.63, 3.8) is 0 Å². The first-order chi connectivity index (χ1) is 13.0. The summed E-state index contributed by atoms with van der Waals surface area (Å²) >= 11 is 0. The maximum Gasteiger partial charge on any atom is 0.277 e. The van der Waals surface area contributed by atoms with E-state index in [9.17, 15) is 9.59 Å². The molecule has 27 heavy (non-hydrogen) atoms. The van der Waals surface area contributed by atoms with Crippen molar-refractivity contribution in [3.8, 4) is 5.75 Å². The van der Waals surface area contributed by atoms with Gasteiger partial charge in [-0.05, 0) is 49.6 Å². The molecule has 0 saturated heterocycles. The smallest absolute Gasteiger partial charge is 0.277 e. The molecule has 0 radical (unpaired) electrons. The average Bonchev–Trinajstić information content (AvgIpc) is 3.17. The lowest BCUT2D eigenvalue weighted by Gasteiger charge is -2.21. The molecule has 0 aromatic heterocycles. The Morgan fingerprint density at radius 2 is 1.67 bits per heavy atom. The van der Waals surface area contributed by atoms with Crippen LogP contribution in [0.3, 0.4) is 0 Å². The summed E-state index contributed by atoms with van der Waals surface area (Å²) in [5.41, 5.74) is 3.84. The third-order valence-corrected chi connectivity index (χ3v) is 4.93.